The minimum absolute atomic E-state index is 0.0887. The summed E-state index contributed by atoms with van der Waals surface area (Å²) in [5.74, 6) is -0.193. The molecule has 1 heterocycles. The normalized spacial score (nSPS) is 19.5. The van der Waals surface area contributed by atoms with Gasteiger partial charge < -0.3 is 10.0 Å². The second-order valence-corrected chi connectivity index (χ2v) is 7.25. The number of amides is 1. The third-order valence-corrected chi connectivity index (χ3v) is 5.30. The molecule has 1 aliphatic carbocycles. The van der Waals surface area contributed by atoms with E-state index >= 15 is 0 Å². The zero-order valence-corrected chi connectivity index (χ0v) is 15.6. The van der Waals surface area contributed by atoms with Gasteiger partial charge in [-0.2, -0.15) is 9.78 Å². The van der Waals surface area contributed by atoms with Crippen molar-refractivity contribution in [2.45, 2.75) is 32.3 Å². The molecule has 6 nitrogen and oxygen atoms in total. The van der Waals surface area contributed by atoms with Crippen molar-refractivity contribution >= 4 is 17.5 Å². The Morgan fingerprint density at radius 3 is 2.77 bits per heavy atom. The van der Waals surface area contributed by atoms with E-state index in [4.69, 9.17) is 11.6 Å². The Balaban J connectivity index is 1.85. The average Bonchev–Trinajstić information content (AvgIpc) is 3.02. The standard InChI is InChI=1S/C19H22ClN3O3/c1-12-6-7-14(10-15(12)20)23-18(25)9-8-16(21-23)19(26)22(2)11-13-4-3-5-17(13)24/h6-10,13,17,24H,3-5,11H2,1-2H3. The number of hydrogen-bond donors (Lipinski definition) is 1. The van der Waals surface area contributed by atoms with Crippen LogP contribution < -0.4 is 5.56 Å². The lowest BCUT2D eigenvalue weighted by molar-refractivity contribution is 0.0686. The van der Waals surface area contributed by atoms with E-state index in [0.717, 1.165) is 24.8 Å². The first-order valence-electron chi connectivity index (χ1n) is 8.67. The number of benzene rings is 1. The second-order valence-electron chi connectivity index (χ2n) is 6.85. The smallest absolute Gasteiger partial charge is 0.274 e. The number of halogens is 1. The number of aliphatic hydroxyl groups is 1. The molecule has 7 heteroatoms. The van der Waals surface area contributed by atoms with E-state index in [1.54, 1.807) is 30.1 Å². The predicted octanol–water partition coefficient (Wildman–Crippen LogP) is 2.43. The molecule has 138 valence electrons. The largest absolute Gasteiger partial charge is 0.393 e. The molecular weight excluding hydrogens is 354 g/mol. The molecule has 0 aliphatic heterocycles. The van der Waals surface area contributed by atoms with Crippen molar-refractivity contribution in [3.05, 3.63) is 57.0 Å². The summed E-state index contributed by atoms with van der Waals surface area (Å²) in [4.78, 5) is 26.4. The fourth-order valence-electron chi connectivity index (χ4n) is 3.28. The quantitative estimate of drug-likeness (QED) is 0.890. The van der Waals surface area contributed by atoms with Crippen molar-refractivity contribution in [1.82, 2.24) is 14.7 Å². The minimum atomic E-state index is -0.359. The molecule has 1 aromatic carbocycles. The third kappa shape index (κ3) is 3.81. The summed E-state index contributed by atoms with van der Waals surface area (Å²) in [6, 6.07) is 7.94. The van der Waals surface area contributed by atoms with Crippen LogP contribution in [-0.4, -0.2) is 45.4 Å². The predicted molar refractivity (Wildman–Crippen MR) is 99.9 cm³/mol. The molecule has 0 radical (unpaired) electrons. The third-order valence-electron chi connectivity index (χ3n) is 4.89. The van der Waals surface area contributed by atoms with Crippen LogP contribution in [0.4, 0.5) is 0 Å². The lowest BCUT2D eigenvalue weighted by Gasteiger charge is -2.23. The van der Waals surface area contributed by atoms with Gasteiger partial charge in [0.25, 0.3) is 11.5 Å². The first kappa shape index (κ1) is 18.6. The van der Waals surface area contributed by atoms with Crippen LogP contribution in [-0.2, 0) is 0 Å². The van der Waals surface area contributed by atoms with Crippen molar-refractivity contribution in [1.29, 1.82) is 0 Å². The van der Waals surface area contributed by atoms with Crippen molar-refractivity contribution in [2.75, 3.05) is 13.6 Å². The summed E-state index contributed by atoms with van der Waals surface area (Å²) >= 11 is 6.14. The number of carbonyl (C=O) groups is 1. The Bertz CT molecular complexity index is 881. The second kappa shape index (κ2) is 7.60. The molecule has 1 amide bonds. The van der Waals surface area contributed by atoms with Crippen LogP contribution in [0.3, 0.4) is 0 Å². The highest BCUT2D eigenvalue weighted by molar-refractivity contribution is 6.31. The van der Waals surface area contributed by atoms with Gasteiger partial charge in [-0.3, -0.25) is 9.59 Å². The molecule has 0 saturated heterocycles. The number of carbonyl (C=O) groups excluding carboxylic acids is 1. The Morgan fingerprint density at radius 2 is 2.12 bits per heavy atom. The SMILES string of the molecule is Cc1ccc(-n2nc(C(=O)N(C)CC3CCCC3O)ccc2=O)cc1Cl. The van der Waals surface area contributed by atoms with Crippen molar-refractivity contribution in [3.8, 4) is 5.69 Å². The van der Waals surface area contributed by atoms with Crippen LogP contribution >= 0.6 is 11.6 Å². The molecule has 26 heavy (non-hydrogen) atoms. The number of aromatic nitrogens is 2. The van der Waals surface area contributed by atoms with Crippen LogP contribution in [0.1, 0.15) is 35.3 Å². The summed E-state index contributed by atoms with van der Waals surface area (Å²) in [6.45, 7) is 2.34. The van der Waals surface area contributed by atoms with Gasteiger partial charge in [0.15, 0.2) is 0 Å². The topological polar surface area (TPSA) is 75.4 Å². The summed E-state index contributed by atoms with van der Waals surface area (Å²) in [7, 11) is 1.69. The number of aryl methyl sites for hydroxylation is 1. The van der Waals surface area contributed by atoms with Crippen molar-refractivity contribution < 1.29 is 9.90 Å². The van der Waals surface area contributed by atoms with Crippen LogP contribution in [0.2, 0.25) is 5.02 Å². The van der Waals surface area contributed by atoms with E-state index in [9.17, 15) is 14.7 Å². The number of hydrogen-bond acceptors (Lipinski definition) is 4. The molecule has 0 bridgehead atoms. The van der Waals surface area contributed by atoms with Crippen LogP contribution in [0.15, 0.2) is 35.1 Å². The average molecular weight is 376 g/mol. The first-order chi connectivity index (χ1) is 12.4. The van der Waals surface area contributed by atoms with Crippen molar-refractivity contribution in [2.24, 2.45) is 5.92 Å². The maximum absolute atomic E-state index is 12.7. The summed E-state index contributed by atoms with van der Waals surface area (Å²) in [6.07, 6.45) is 2.31. The lowest BCUT2D eigenvalue weighted by Crippen LogP contribution is -2.36. The van der Waals surface area contributed by atoms with Crippen LogP contribution in [0, 0.1) is 12.8 Å². The molecule has 1 aliphatic rings. The lowest BCUT2D eigenvalue weighted by atomic mass is 10.1. The van der Waals surface area contributed by atoms with Gasteiger partial charge in [-0.05, 0) is 43.5 Å². The molecule has 1 saturated carbocycles. The van der Waals surface area contributed by atoms with E-state index in [-0.39, 0.29) is 29.2 Å². The number of rotatable bonds is 4. The van der Waals surface area contributed by atoms with E-state index in [1.165, 1.54) is 16.8 Å². The van der Waals surface area contributed by atoms with E-state index < -0.39 is 0 Å². The highest BCUT2D eigenvalue weighted by atomic mass is 35.5. The number of nitrogens with zero attached hydrogens (tertiary/aromatic N) is 3. The summed E-state index contributed by atoms with van der Waals surface area (Å²) in [5.41, 5.74) is 1.24. The van der Waals surface area contributed by atoms with Gasteiger partial charge in [0, 0.05) is 30.6 Å². The van der Waals surface area contributed by atoms with Gasteiger partial charge in [-0.25, -0.2) is 0 Å². The molecule has 1 N–H and O–H groups in total. The summed E-state index contributed by atoms with van der Waals surface area (Å²) < 4.78 is 1.18. The minimum Gasteiger partial charge on any atom is -0.393 e. The highest BCUT2D eigenvalue weighted by Gasteiger charge is 2.28. The van der Waals surface area contributed by atoms with Gasteiger partial charge in [0.05, 0.1) is 11.8 Å². The van der Waals surface area contributed by atoms with Gasteiger partial charge in [0.2, 0.25) is 0 Å². The Kier molecular flexibility index (Phi) is 5.44. The first-order valence-corrected chi connectivity index (χ1v) is 9.05. The van der Waals surface area contributed by atoms with Crippen molar-refractivity contribution in [3.63, 3.8) is 0 Å². The number of aliphatic hydroxyl groups excluding tert-OH is 1. The molecule has 3 rings (SSSR count). The maximum Gasteiger partial charge on any atom is 0.274 e. The van der Waals surface area contributed by atoms with Crippen LogP contribution in [0.25, 0.3) is 5.69 Å². The Hall–Kier alpha value is -2.18. The molecular formula is C19H22ClN3O3. The Labute approximate surface area is 157 Å². The molecule has 2 atom stereocenters. The highest BCUT2D eigenvalue weighted by Crippen LogP contribution is 2.26. The van der Waals surface area contributed by atoms with Gasteiger partial charge in [-0.1, -0.05) is 24.1 Å². The van der Waals surface area contributed by atoms with Gasteiger partial charge in [-0.15, -0.1) is 0 Å². The molecule has 0 spiro atoms. The Morgan fingerprint density at radius 1 is 1.35 bits per heavy atom. The van der Waals surface area contributed by atoms with Gasteiger partial charge in [0.1, 0.15) is 5.69 Å². The fraction of sp³-hybridized carbons (Fsp3) is 0.421. The summed E-state index contributed by atoms with van der Waals surface area (Å²) in [5, 5.41) is 14.7. The van der Waals surface area contributed by atoms with E-state index in [2.05, 4.69) is 5.10 Å². The zero-order valence-electron chi connectivity index (χ0n) is 14.9. The van der Waals surface area contributed by atoms with E-state index in [1.807, 2.05) is 6.92 Å². The van der Waals surface area contributed by atoms with E-state index in [0.29, 0.717) is 17.3 Å². The zero-order chi connectivity index (χ0) is 18.8. The maximum atomic E-state index is 12.7. The van der Waals surface area contributed by atoms with Crippen LogP contribution in [0.5, 0.6) is 0 Å². The fourth-order valence-corrected chi connectivity index (χ4v) is 3.46. The molecule has 2 aromatic rings. The molecule has 1 fully saturated rings. The monoisotopic (exact) mass is 375 g/mol. The molecule has 1 aromatic heterocycles. The van der Waals surface area contributed by atoms with Gasteiger partial charge >= 0.3 is 0 Å². The molecule has 2 unspecified atom stereocenters.